The first kappa shape index (κ1) is 17.2. The van der Waals surface area contributed by atoms with Crippen molar-refractivity contribution in [3.63, 3.8) is 0 Å². The Hall–Kier alpha value is -2.60. The monoisotopic (exact) mass is 341 g/mol. The van der Waals surface area contributed by atoms with Crippen molar-refractivity contribution in [1.82, 2.24) is 14.8 Å². The Morgan fingerprint density at radius 2 is 2.00 bits per heavy atom. The maximum absolute atomic E-state index is 12.8. The highest BCUT2D eigenvalue weighted by Gasteiger charge is 2.40. The van der Waals surface area contributed by atoms with Crippen LogP contribution in [0.5, 0.6) is 0 Å². The fourth-order valence-electron chi connectivity index (χ4n) is 3.21. The van der Waals surface area contributed by atoms with Crippen LogP contribution in [0.15, 0.2) is 48.7 Å². The summed E-state index contributed by atoms with van der Waals surface area (Å²) in [5.74, 6) is -0.302. The summed E-state index contributed by atoms with van der Waals surface area (Å²) in [4.78, 5) is 26.7. The van der Waals surface area contributed by atoms with Crippen LogP contribution in [0.4, 0.5) is 0 Å². The van der Waals surface area contributed by atoms with E-state index in [0.717, 1.165) is 11.3 Å². The van der Waals surface area contributed by atoms with Crippen LogP contribution in [0.1, 0.15) is 24.2 Å². The fourth-order valence-corrected chi connectivity index (χ4v) is 3.21. The molecule has 0 unspecified atom stereocenters. The van der Waals surface area contributed by atoms with Gasteiger partial charge in [0.1, 0.15) is 6.61 Å². The molecule has 1 fully saturated rings. The third kappa shape index (κ3) is 3.58. The first-order valence-electron chi connectivity index (χ1n) is 8.45. The molecule has 1 aliphatic heterocycles. The maximum atomic E-state index is 12.8. The number of amides is 2. The van der Waals surface area contributed by atoms with Gasteiger partial charge in [-0.25, -0.2) is 0 Å². The molecule has 1 saturated heterocycles. The molecule has 6 nitrogen and oxygen atoms in total. The van der Waals surface area contributed by atoms with Crippen LogP contribution >= 0.6 is 0 Å². The van der Waals surface area contributed by atoms with Gasteiger partial charge in [0.05, 0.1) is 12.6 Å². The molecule has 0 aliphatic carbocycles. The number of rotatable bonds is 5. The zero-order chi connectivity index (χ0) is 17.8. The molecule has 2 amide bonds. The molecular weight excluding hydrogens is 318 g/mol. The summed E-state index contributed by atoms with van der Waals surface area (Å²) in [7, 11) is 1.93. The Kier molecular flexibility index (Phi) is 5.19. The van der Waals surface area contributed by atoms with Crippen LogP contribution in [0.2, 0.25) is 0 Å². The van der Waals surface area contributed by atoms with Crippen molar-refractivity contribution in [2.45, 2.75) is 25.6 Å². The maximum Gasteiger partial charge on any atom is 0.252 e. The number of morpholine rings is 1. The van der Waals surface area contributed by atoms with Crippen molar-refractivity contribution in [3.05, 3.63) is 59.9 Å². The Morgan fingerprint density at radius 3 is 2.64 bits per heavy atom. The van der Waals surface area contributed by atoms with E-state index in [4.69, 9.17) is 4.74 Å². The topological polar surface area (TPSA) is 63.6 Å². The minimum atomic E-state index is -0.722. The van der Waals surface area contributed by atoms with Gasteiger partial charge in [-0.2, -0.15) is 0 Å². The number of aryl methyl sites for hydroxylation is 1. The van der Waals surface area contributed by atoms with E-state index in [-0.39, 0.29) is 18.4 Å². The number of hydrogen-bond acceptors (Lipinski definition) is 3. The van der Waals surface area contributed by atoms with E-state index in [9.17, 15) is 9.59 Å². The SMILES string of the molecule is CCN1C(=O)CO[C@H](C(=O)NCc2cccn2C)[C@H]1c1ccccc1. The number of hydrogen-bond donors (Lipinski definition) is 1. The van der Waals surface area contributed by atoms with Crippen LogP contribution in [0, 0.1) is 0 Å². The summed E-state index contributed by atoms with van der Waals surface area (Å²) in [6.07, 6.45) is 1.21. The predicted octanol–water partition coefficient (Wildman–Crippen LogP) is 1.63. The van der Waals surface area contributed by atoms with E-state index in [2.05, 4.69) is 5.32 Å². The molecule has 25 heavy (non-hydrogen) atoms. The molecule has 0 spiro atoms. The van der Waals surface area contributed by atoms with E-state index in [0.29, 0.717) is 13.1 Å². The number of benzene rings is 1. The third-order valence-corrected chi connectivity index (χ3v) is 4.56. The molecule has 0 radical (unpaired) electrons. The van der Waals surface area contributed by atoms with Gasteiger partial charge < -0.3 is 19.5 Å². The second-order valence-corrected chi connectivity index (χ2v) is 6.10. The van der Waals surface area contributed by atoms with Crippen LogP contribution < -0.4 is 5.32 Å². The van der Waals surface area contributed by atoms with Crippen LogP contribution in [-0.2, 0) is 27.9 Å². The fraction of sp³-hybridized carbons (Fsp3) is 0.368. The van der Waals surface area contributed by atoms with Gasteiger partial charge in [0.2, 0.25) is 5.91 Å². The Morgan fingerprint density at radius 1 is 1.24 bits per heavy atom. The third-order valence-electron chi connectivity index (χ3n) is 4.56. The van der Waals surface area contributed by atoms with Crippen LogP contribution in [0.3, 0.4) is 0 Å². The molecule has 1 N–H and O–H groups in total. The van der Waals surface area contributed by atoms with Gasteiger partial charge in [-0.3, -0.25) is 9.59 Å². The molecule has 1 aliphatic rings. The minimum absolute atomic E-state index is 0.0700. The Labute approximate surface area is 147 Å². The van der Waals surface area contributed by atoms with Gasteiger partial charge >= 0.3 is 0 Å². The zero-order valence-electron chi connectivity index (χ0n) is 14.5. The van der Waals surface area contributed by atoms with E-state index >= 15 is 0 Å². The first-order valence-corrected chi connectivity index (χ1v) is 8.45. The lowest BCUT2D eigenvalue weighted by Crippen LogP contribution is -2.54. The van der Waals surface area contributed by atoms with Crippen molar-refractivity contribution in [3.8, 4) is 0 Å². The van der Waals surface area contributed by atoms with E-state index < -0.39 is 12.1 Å². The normalized spacial score (nSPS) is 20.6. The predicted molar refractivity (Wildman–Crippen MR) is 93.6 cm³/mol. The number of aromatic nitrogens is 1. The summed E-state index contributed by atoms with van der Waals surface area (Å²) >= 11 is 0. The summed E-state index contributed by atoms with van der Waals surface area (Å²) in [5, 5.41) is 2.93. The number of nitrogens with zero attached hydrogens (tertiary/aromatic N) is 2. The first-order chi connectivity index (χ1) is 12.1. The molecule has 1 aromatic carbocycles. The van der Waals surface area contributed by atoms with Gasteiger partial charge in [-0.1, -0.05) is 30.3 Å². The van der Waals surface area contributed by atoms with Gasteiger partial charge in [0.15, 0.2) is 6.10 Å². The van der Waals surface area contributed by atoms with Crippen molar-refractivity contribution in [2.24, 2.45) is 7.05 Å². The highest BCUT2D eigenvalue weighted by molar-refractivity contribution is 5.86. The standard InChI is InChI=1S/C19H23N3O3/c1-3-22-16(23)13-25-18(17(22)14-8-5-4-6-9-14)19(24)20-12-15-10-7-11-21(15)2/h4-11,17-18H,3,12-13H2,1-2H3,(H,20,24)/t17-,18+/m1/s1. The number of nitrogens with one attached hydrogen (secondary N) is 1. The highest BCUT2D eigenvalue weighted by Crippen LogP contribution is 2.30. The van der Waals surface area contributed by atoms with E-state index in [1.807, 2.05) is 67.2 Å². The molecule has 0 bridgehead atoms. The molecule has 2 atom stereocenters. The lowest BCUT2D eigenvalue weighted by atomic mass is 9.97. The Balaban J connectivity index is 1.80. The molecule has 2 aromatic rings. The highest BCUT2D eigenvalue weighted by atomic mass is 16.5. The summed E-state index contributed by atoms with van der Waals surface area (Å²) in [6, 6.07) is 13.0. The van der Waals surface area contributed by atoms with Gasteiger partial charge in [0.25, 0.3) is 5.91 Å². The van der Waals surface area contributed by atoms with E-state index in [1.54, 1.807) is 4.90 Å². The Bertz CT molecular complexity index is 741. The second-order valence-electron chi connectivity index (χ2n) is 6.10. The van der Waals surface area contributed by atoms with Crippen LogP contribution in [-0.4, -0.2) is 40.5 Å². The zero-order valence-corrected chi connectivity index (χ0v) is 14.5. The largest absolute Gasteiger partial charge is 0.356 e. The number of carbonyl (C=O) groups excluding carboxylic acids is 2. The average Bonchev–Trinajstić information content (AvgIpc) is 3.05. The molecule has 6 heteroatoms. The molecule has 132 valence electrons. The lowest BCUT2D eigenvalue weighted by molar-refractivity contribution is -0.164. The van der Waals surface area contributed by atoms with Crippen molar-refractivity contribution >= 4 is 11.8 Å². The smallest absolute Gasteiger partial charge is 0.252 e. The summed E-state index contributed by atoms with van der Waals surface area (Å²) in [5.41, 5.74) is 1.90. The van der Waals surface area contributed by atoms with Gasteiger partial charge in [0, 0.05) is 25.5 Å². The molecule has 0 saturated carbocycles. The number of likely N-dealkylation sites (N-methyl/N-ethyl adjacent to an activating group) is 1. The summed E-state index contributed by atoms with van der Waals surface area (Å²) in [6.45, 7) is 2.80. The quantitative estimate of drug-likeness (QED) is 0.899. The number of ether oxygens (including phenoxy) is 1. The molecule has 3 rings (SSSR count). The van der Waals surface area contributed by atoms with E-state index in [1.165, 1.54) is 0 Å². The molecule has 2 heterocycles. The minimum Gasteiger partial charge on any atom is -0.356 e. The van der Waals surface area contributed by atoms with Crippen molar-refractivity contribution in [1.29, 1.82) is 0 Å². The van der Waals surface area contributed by atoms with Gasteiger partial charge in [-0.05, 0) is 24.6 Å². The second kappa shape index (κ2) is 7.53. The van der Waals surface area contributed by atoms with Crippen LogP contribution in [0.25, 0.3) is 0 Å². The van der Waals surface area contributed by atoms with Gasteiger partial charge in [-0.15, -0.1) is 0 Å². The lowest BCUT2D eigenvalue weighted by Gasteiger charge is -2.40. The summed E-state index contributed by atoms with van der Waals surface area (Å²) < 4.78 is 7.60. The molecular formula is C19H23N3O3. The molecule has 1 aromatic heterocycles. The van der Waals surface area contributed by atoms with Crippen molar-refractivity contribution < 1.29 is 14.3 Å². The average molecular weight is 341 g/mol. The number of carbonyl (C=O) groups is 2. The van der Waals surface area contributed by atoms with Crippen molar-refractivity contribution in [2.75, 3.05) is 13.2 Å².